The number of benzene rings is 1. The number of hydrogen-bond donors (Lipinski definition) is 2. The van der Waals surface area contributed by atoms with Gasteiger partial charge in [0.1, 0.15) is 6.07 Å². The smallest absolute Gasteiger partial charge is 0.101 e. The Hall–Kier alpha value is -1.57. The molecular weight excluding hydrogens is 262 g/mol. The number of aliphatic hydroxyl groups is 1. The summed E-state index contributed by atoms with van der Waals surface area (Å²) in [5.74, 6) is 0. The normalized spacial score (nSPS) is 11.0. The minimum atomic E-state index is 0.168. The molecule has 0 saturated carbocycles. The predicted molar refractivity (Wildman–Crippen MR) is 87.3 cm³/mol. The van der Waals surface area contributed by atoms with E-state index in [9.17, 15) is 5.26 Å². The van der Waals surface area contributed by atoms with Gasteiger partial charge in [-0.2, -0.15) is 5.26 Å². The van der Waals surface area contributed by atoms with Crippen molar-refractivity contribution >= 4 is 5.69 Å². The minimum absolute atomic E-state index is 0.168. The standard InChI is InChI=1S/C17H27N3O/c1-13(2)19-12-15-6-7-17(16(10-15)11-18)20(14(3)4)8-5-9-21/h6-7,10,13-14,19,21H,5,8-9,12H2,1-4H3. The van der Waals surface area contributed by atoms with Crippen molar-refractivity contribution in [3.63, 3.8) is 0 Å². The van der Waals surface area contributed by atoms with Crippen LogP contribution in [0.5, 0.6) is 0 Å². The fraction of sp³-hybridized carbons (Fsp3) is 0.588. The van der Waals surface area contributed by atoms with Gasteiger partial charge in [0.25, 0.3) is 0 Å². The van der Waals surface area contributed by atoms with Crippen LogP contribution in [0.3, 0.4) is 0 Å². The number of nitriles is 1. The van der Waals surface area contributed by atoms with Crippen molar-refractivity contribution in [1.29, 1.82) is 5.26 Å². The highest BCUT2D eigenvalue weighted by Crippen LogP contribution is 2.24. The Labute approximate surface area is 128 Å². The maximum absolute atomic E-state index is 9.43. The van der Waals surface area contributed by atoms with Gasteiger partial charge in [-0.3, -0.25) is 0 Å². The van der Waals surface area contributed by atoms with Crippen LogP contribution >= 0.6 is 0 Å². The molecule has 1 aromatic rings. The Bertz CT molecular complexity index is 477. The van der Waals surface area contributed by atoms with E-state index in [0.29, 0.717) is 24.1 Å². The first-order valence-corrected chi connectivity index (χ1v) is 7.63. The average molecular weight is 289 g/mol. The van der Waals surface area contributed by atoms with Crippen LogP contribution in [0.1, 0.15) is 45.2 Å². The molecule has 4 nitrogen and oxygen atoms in total. The second-order valence-electron chi connectivity index (χ2n) is 5.86. The summed E-state index contributed by atoms with van der Waals surface area (Å²) in [6.07, 6.45) is 0.708. The Balaban J connectivity index is 2.98. The van der Waals surface area contributed by atoms with E-state index in [0.717, 1.165) is 24.3 Å². The summed E-state index contributed by atoms with van der Waals surface area (Å²) in [5, 5.41) is 21.8. The third-order valence-electron chi connectivity index (χ3n) is 3.39. The van der Waals surface area contributed by atoms with Gasteiger partial charge in [-0.25, -0.2) is 0 Å². The van der Waals surface area contributed by atoms with Crippen LogP contribution in [0.4, 0.5) is 5.69 Å². The second kappa shape index (κ2) is 8.66. The molecule has 0 heterocycles. The predicted octanol–water partition coefficient (Wildman–Crippen LogP) is 2.65. The summed E-state index contributed by atoms with van der Waals surface area (Å²) in [5.41, 5.74) is 2.77. The monoisotopic (exact) mass is 289 g/mol. The topological polar surface area (TPSA) is 59.3 Å². The molecule has 0 saturated heterocycles. The first-order valence-electron chi connectivity index (χ1n) is 7.63. The van der Waals surface area contributed by atoms with Gasteiger partial charge in [0.05, 0.1) is 11.3 Å². The number of nitrogens with one attached hydrogen (secondary N) is 1. The fourth-order valence-electron chi connectivity index (χ4n) is 2.25. The van der Waals surface area contributed by atoms with Crippen molar-refractivity contribution in [3.05, 3.63) is 29.3 Å². The lowest BCUT2D eigenvalue weighted by Gasteiger charge is -2.30. The number of aliphatic hydroxyl groups excluding tert-OH is 1. The molecule has 0 aliphatic heterocycles. The maximum Gasteiger partial charge on any atom is 0.101 e. The van der Waals surface area contributed by atoms with Crippen LogP contribution < -0.4 is 10.2 Å². The maximum atomic E-state index is 9.43. The molecule has 0 aliphatic carbocycles. The lowest BCUT2D eigenvalue weighted by atomic mass is 10.1. The number of rotatable bonds is 8. The summed E-state index contributed by atoms with van der Waals surface area (Å²) in [4.78, 5) is 2.18. The molecule has 0 amide bonds. The molecule has 0 unspecified atom stereocenters. The molecule has 0 aromatic heterocycles. The minimum Gasteiger partial charge on any atom is -0.396 e. The van der Waals surface area contributed by atoms with Crippen LogP contribution in [0.25, 0.3) is 0 Å². The summed E-state index contributed by atoms with van der Waals surface area (Å²) in [6, 6.07) is 9.07. The highest BCUT2D eigenvalue weighted by molar-refractivity contribution is 5.61. The number of anilines is 1. The van der Waals surface area contributed by atoms with Crippen LogP contribution in [0.2, 0.25) is 0 Å². The lowest BCUT2D eigenvalue weighted by molar-refractivity contribution is 0.288. The first-order chi connectivity index (χ1) is 9.99. The van der Waals surface area contributed by atoms with E-state index in [-0.39, 0.29) is 6.61 Å². The zero-order valence-corrected chi connectivity index (χ0v) is 13.6. The Morgan fingerprint density at radius 3 is 2.52 bits per heavy atom. The third-order valence-corrected chi connectivity index (χ3v) is 3.39. The summed E-state index contributed by atoms with van der Waals surface area (Å²) < 4.78 is 0. The SMILES string of the molecule is CC(C)NCc1ccc(N(CCCO)C(C)C)c(C#N)c1. The largest absolute Gasteiger partial charge is 0.396 e. The lowest BCUT2D eigenvalue weighted by Crippen LogP contribution is -2.33. The van der Waals surface area contributed by atoms with Crippen LogP contribution in [-0.4, -0.2) is 30.3 Å². The Morgan fingerprint density at radius 2 is 2.00 bits per heavy atom. The van der Waals surface area contributed by atoms with Crippen molar-refractivity contribution in [1.82, 2.24) is 5.32 Å². The van der Waals surface area contributed by atoms with Gasteiger partial charge >= 0.3 is 0 Å². The highest BCUT2D eigenvalue weighted by atomic mass is 16.3. The summed E-state index contributed by atoms with van der Waals surface area (Å²) in [7, 11) is 0. The molecule has 0 radical (unpaired) electrons. The molecule has 0 fully saturated rings. The summed E-state index contributed by atoms with van der Waals surface area (Å²) >= 11 is 0. The quantitative estimate of drug-likeness (QED) is 0.772. The third kappa shape index (κ3) is 5.37. The molecule has 0 spiro atoms. The van der Waals surface area contributed by atoms with Crippen molar-refractivity contribution < 1.29 is 5.11 Å². The van der Waals surface area contributed by atoms with Gasteiger partial charge in [0, 0.05) is 31.8 Å². The molecule has 1 aromatic carbocycles. The van der Waals surface area contributed by atoms with E-state index in [4.69, 9.17) is 5.11 Å². The van der Waals surface area contributed by atoms with Crippen LogP contribution in [0.15, 0.2) is 18.2 Å². The van der Waals surface area contributed by atoms with E-state index in [1.807, 2.05) is 12.1 Å². The average Bonchev–Trinajstić information content (AvgIpc) is 2.45. The zero-order valence-electron chi connectivity index (χ0n) is 13.6. The van der Waals surface area contributed by atoms with E-state index in [1.54, 1.807) is 0 Å². The first kappa shape index (κ1) is 17.5. The van der Waals surface area contributed by atoms with Crippen LogP contribution in [-0.2, 0) is 6.54 Å². The van der Waals surface area contributed by atoms with Gasteiger partial charge in [-0.05, 0) is 38.0 Å². The van der Waals surface area contributed by atoms with Gasteiger partial charge < -0.3 is 15.3 Å². The van der Waals surface area contributed by atoms with Crippen molar-refractivity contribution in [3.8, 4) is 6.07 Å². The van der Waals surface area contributed by atoms with Crippen molar-refractivity contribution in [2.75, 3.05) is 18.1 Å². The van der Waals surface area contributed by atoms with E-state index in [1.165, 1.54) is 0 Å². The Morgan fingerprint density at radius 1 is 1.29 bits per heavy atom. The molecule has 116 valence electrons. The molecular formula is C17H27N3O. The van der Waals surface area contributed by atoms with Crippen molar-refractivity contribution in [2.24, 2.45) is 0 Å². The van der Waals surface area contributed by atoms with Crippen molar-refractivity contribution in [2.45, 2.75) is 52.7 Å². The second-order valence-corrected chi connectivity index (χ2v) is 5.86. The molecule has 21 heavy (non-hydrogen) atoms. The summed E-state index contributed by atoms with van der Waals surface area (Å²) in [6.45, 7) is 10.1. The number of hydrogen-bond acceptors (Lipinski definition) is 4. The van der Waals surface area contributed by atoms with Gasteiger partial charge in [0.2, 0.25) is 0 Å². The van der Waals surface area contributed by atoms with Gasteiger partial charge in [-0.1, -0.05) is 19.9 Å². The highest BCUT2D eigenvalue weighted by Gasteiger charge is 2.14. The van der Waals surface area contributed by atoms with Crippen LogP contribution in [0, 0.1) is 11.3 Å². The molecule has 0 aliphatic rings. The molecule has 0 atom stereocenters. The van der Waals surface area contributed by atoms with E-state index in [2.05, 4.69) is 50.0 Å². The van der Waals surface area contributed by atoms with E-state index < -0.39 is 0 Å². The molecule has 1 rings (SSSR count). The molecule has 0 bridgehead atoms. The van der Waals surface area contributed by atoms with Gasteiger partial charge in [-0.15, -0.1) is 0 Å². The fourth-order valence-corrected chi connectivity index (χ4v) is 2.25. The van der Waals surface area contributed by atoms with Gasteiger partial charge in [0.15, 0.2) is 0 Å². The van der Waals surface area contributed by atoms with E-state index >= 15 is 0 Å². The molecule has 2 N–H and O–H groups in total. The zero-order chi connectivity index (χ0) is 15.8. The number of nitrogens with zero attached hydrogens (tertiary/aromatic N) is 2. The molecule has 4 heteroatoms. The Kier molecular flexibility index (Phi) is 7.21.